The molecular formula is C29H31N7O2. The molecule has 2 aliphatic heterocycles. The number of carbonyl (C=O) groups is 2. The lowest BCUT2D eigenvalue weighted by atomic mass is 9.81. The first-order valence-corrected chi connectivity index (χ1v) is 13.4. The zero-order valence-electron chi connectivity index (χ0n) is 21.1. The van der Waals surface area contributed by atoms with Gasteiger partial charge < -0.3 is 25.8 Å². The molecule has 0 unspecified atom stereocenters. The number of amides is 3. The number of likely N-dealkylation sites (tertiary alicyclic amines) is 1. The van der Waals surface area contributed by atoms with Crippen LogP contribution in [0.1, 0.15) is 61.1 Å². The van der Waals surface area contributed by atoms with E-state index >= 15 is 0 Å². The van der Waals surface area contributed by atoms with Gasteiger partial charge in [0, 0.05) is 42.3 Å². The molecule has 38 heavy (non-hydrogen) atoms. The third kappa shape index (κ3) is 4.47. The van der Waals surface area contributed by atoms with Crippen LogP contribution in [-0.4, -0.2) is 39.4 Å². The molecule has 0 radical (unpaired) electrons. The highest BCUT2D eigenvalue weighted by Gasteiger charge is 2.49. The lowest BCUT2D eigenvalue weighted by molar-refractivity contribution is -0.138. The smallest absolute Gasteiger partial charge is 0.319 e. The lowest BCUT2D eigenvalue weighted by Crippen LogP contribution is -2.51. The first-order valence-electron chi connectivity index (χ1n) is 13.4. The molecule has 3 heterocycles. The lowest BCUT2D eigenvalue weighted by Gasteiger charge is -2.41. The summed E-state index contributed by atoms with van der Waals surface area (Å²) in [5.74, 6) is 0.948. The van der Waals surface area contributed by atoms with Gasteiger partial charge in [-0.2, -0.15) is 5.26 Å². The Labute approximate surface area is 221 Å². The molecule has 4 N–H and O–H groups in total. The van der Waals surface area contributed by atoms with Crippen LogP contribution in [0.25, 0.3) is 0 Å². The summed E-state index contributed by atoms with van der Waals surface area (Å²) in [6.45, 7) is 0.683. The minimum absolute atomic E-state index is 0.00109. The van der Waals surface area contributed by atoms with E-state index in [0.29, 0.717) is 17.8 Å². The van der Waals surface area contributed by atoms with Crippen molar-refractivity contribution in [1.29, 1.82) is 5.26 Å². The van der Waals surface area contributed by atoms with Crippen LogP contribution in [0, 0.1) is 23.2 Å². The van der Waals surface area contributed by atoms with Crippen LogP contribution in [0.5, 0.6) is 0 Å². The van der Waals surface area contributed by atoms with Gasteiger partial charge in [-0.05, 0) is 55.2 Å². The monoisotopic (exact) mass is 509 g/mol. The number of nitrogens with one attached hydrogen (secondary N) is 4. The molecule has 9 nitrogen and oxygen atoms in total. The molecule has 2 aromatic carbocycles. The fourth-order valence-corrected chi connectivity index (χ4v) is 6.47. The van der Waals surface area contributed by atoms with Crippen LogP contribution in [-0.2, 0) is 4.79 Å². The van der Waals surface area contributed by atoms with E-state index in [1.54, 1.807) is 30.5 Å². The number of aromatic amines is 1. The number of rotatable bonds is 4. The summed E-state index contributed by atoms with van der Waals surface area (Å²) in [5, 5.41) is 18.6. The van der Waals surface area contributed by atoms with Gasteiger partial charge in [-0.15, -0.1) is 0 Å². The van der Waals surface area contributed by atoms with Gasteiger partial charge in [0.2, 0.25) is 5.91 Å². The molecule has 1 saturated heterocycles. The molecule has 0 spiro atoms. The minimum atomic E-state index is -0.330. The van der Waals surface area contributed by atoms with Gasteiger partial charge >= 0.3 is 6.03 Å². The van der Waals surface area contributed by atoms with E-state index in [0.717, 1.165) is 49.2 Å². The number of hydrogen-bond donors (Lipinski definition) is 4. The highest BCUT2D eigenvalue weighted by molar-refractivity contribution is 5.90. The van der Waals surface area contributed by atoms with Crippen LogP contribution in [0.4, 0.5) is 16.2 Å². The van der Waals surface area contributed by atoms with E-state index in [-0.39, 0.29) is 41.9 Å². The average molecular weight is 510 g/mol. The van der Waals surface area contributed by atoms with E-state index in [4.69, 9.17) is 5.26 Å². The number of nitriles is 1. The first kappa shape index (κ1) is 24.0. The number of aromatic nitrogens is 2. The number of hydrogen-bond acceptors (Lipinski definition) is 5. The SMILES string of the molecule is N#Cc1ccc(NC(=O)N[C@@H]2CCCC[C@@H]2C(=O)N2CC[C@H]3[C@H](c4ncc[nH]4)Nc4ccccc4[C@@H]32)cc1. The van der Waals surface area contributed by atoms with Gasteiger partial charge in [-0.25, -0.2) is 9.78 Å². The number of benzene rings is 2. The van der Waals surface area contributed by atoms with E-state index in [1.165, 1.54) is 0 Å². The fraction of sp³-hybridized carbons (Fsp3) is 0.379. The van der Waals surface area contributed by atoms with Gasteiger partial charge in [0.25, 0.3) is 0 Å². The Hall–Kier alpha value is -4.32. The number of anilines is 2. The van der Waals surface area contributed by atoms with Crippen LogP contribution >= 0.6 is 0 Å². The van der Waals surface area contributed by atoms with Crippen LogP contribution < -0.4 is 16.0 Å². The van der Waals surface area contributed by atoms with E-state index in [2.05, 4.69) is 49.0 Å². The number of fused-ring (bicyclic) bond motifs is 3. The highest BCUT2D eigenvalue weighted by Crippen LogP contribution is 2.51. The Kier molecular flexibility index (Phi) is 6.46. The summed E-state index contributed by atoms with van der Waals surface area (Å²) in [6.07, 6.45) is 7.97. The Morgan fingerprint density at radius 2 is 1.87 bits per heavy atom. The van der Waals surface area contributed by atoms with Crippen molar-refractivity contribution in [2.75, 3.05) is 17.2 Å². The van der Waals surface area contributed by atoms with Gasteiger partial charge in [0.05, 0.1) is 29.6 Å². The molecule has 3 aromatic rings. The summed E-state index contributed by atoms with van der Waals surface area (Å²) in [7, 11) is 0. The van der Waals surface area contributed by atoms with Crippen molar-refractivity contribution in [3.63, 3.8) is 0 Å². The second-order valence-corrected chi connectivity index (χ2v) is 10.4. The van der Waals surface area contributed by atoms with Gasteiger partial charge in [0.1, 0.15) is 5.82 Å². The maximum atomic E-state index is 14.2. The van der Waals surface area contributed by atoms with Gasteiger partial charge in [-0.3, -0.25) is 4.79 Å². The fourth-order valence-electron chi connectivity index (χ4n) is 6.47. The summed E-state index contributed by atoms with van der Waals surface area (Å²) in [4.78, 5) is 36.9. The summed E-state index contributed by atoms with van der Waals surface area (Å²) in [6, 6.07) is 16.5. The van der Waals surface area contributed by atoms with Crippen molar-refractivity contribution >= 4 is 23.3 Å². The molecule has 0 bridgehead atoms. The Balaban J connectivity index is 1.21. The van der Waals surface area contributed by atoms with Crippen molar-refractivity contribution in [3.8, 4) is 6.07 Å². The second-order valence-electron chi connectivity index (χ2n) is 10.4. The Morgan fingerprint density at radius 3 is 2.66 bits per heavy atom. The molecule has 3 amide bonds. The molecule has 2 fully saturated rings. The minimum Gasteiger partial charge on any atom is -0.375 e. The molecule has 6 rings (SSSR count). The van der Waals surface area contributed by atoms with E-state index in [1.807, 2.05) is 18.3 Å². The Bertz CT molecular complexity index is 1350. The number of carbonyl (C=O) groups excluding carboxylic acids is 2. The first-order chi connectivity index (χ1) is 18.6. The predicted molar refractivity (Wildman–Crippen MR) is 143 cm³/mol. The van der Waals surface area contributed by atoms with Crippen molar-refractivity contribution in [1.82, 2.24) is 20.2 Å². The predicted octanol–water partition coefficient (Wildman–Crippen LogP) is 4.72. The largest absolute Gasteiger partial charge is 0.375 e. The van der Waals surface area contributed by atoms with Crippen molar-refractivity contribution < 1.29 is 9.59 Å². The van der Waals surface area contributed by atoms with Crippen molar-refractivity contribution in [2.24, 2.45) is 11.8 Å². The number of nitrogens with zero attached hydrogens (tertiary/aromatic N) is 3. The summed E-state index contributed by atoms with van der Waals surface area (Å²) in [5.41, 5.74) is 3.32. The van der Waals surface area contributed by atoms with Crippen LogP contribution in [0.2, 0.25) is 0 Å². The van der Waals surface area contributed by atoms with Gasteiger partial charge in [-0.1, -0.05) is 31.0 Å². The van der Waals surface area contributed by atoms with Gasteiger partial charge in [0.15, 0.2) is 0 Å². The molecule has 1 saturated carbocycles. The van der Waals surface area contributed by atoms with Crippen LogP contribution in [0.3, 0.4) is 0 Å². The zero-order valence-corrected chi connectivity index (χ0v) is 21.1. The molecular weight excluding hydrogens is 478 g/mol. The van der Waals surface area contributed by atoms with E-state index < -0.39 is 0 Å². The third-order valence-corrected chi connectivity index (χ3v) is 8.23. The number of urea groups is 1. The summed E-state index contributed by atoms with van der Waals surface area (Å²) < 4.78 is 0. The molecule has 1 aromatic heterocycles. The molecule has 194 valence electrons. The number of para-hydroxylation sites is 1. The molecule has 5 atom stereocenters. The molecule has 1 aliphatic carbocycles. The third-order valence-electron chi connectivity index (χ3n) is 8.23. The number of H-pyrrole nitrogens is 1. The quantitative estimate of drug-likeness (QED) is 0.405. The van der Waals surface area contributed by atoms with Crippen molar-refractivity contribution in [3.05, 3.63) is 77.9 Å². The van der Waals surface area contributed by atoms with E-state index in [9.17, 15) is 9.59 Å². The maximum Gasteiger partial charge on any atom is 0.319 e. The maximum absolute atomic E-state index is 14.2. The molecule has 3 aliphatic rings. The zero-order chi connectivity index (χ0) is 26.1. The number of imidazole rings is 1. The topological polar surface area (TPSA) is 126 Å². The summed E-state index contributed by atoms with van der Waals surface area (Å²) >= 11 is 0. The second kappa shape index (κ2) is 10.2. The van der Waals surface area contributed by atoms with Crippen LogP contribution in [0.15, 0.2) is 60.9 Å². The highest BCUT2D eigenvalue weighted by atomic mass is 16.2. The van der Waals surface area contributed by atoms with Crippen molar-refractivity contribution in [2.45, 2.75) is 50.2 Å². The Morgan fingerprint density at radius 1 is 1.05 bits per heavy atom. The normalized spacial score (nSPS) is 25.9. The average Bonchev–Trinajstić information content (AvgIpc) is 3.64. The molecule has 9 heteroatoms. The standard InChI is InChI=1S/C29H31N7O2/c30-17-18-9-11-19(12-10-18)33-29(38)35-24-8-4-2-6-21(24)28(37)36-16-13-22-25(27-31-14-15-32-27)34-23-7-3-1-5-20(23)26(22)36/h1,3,5,7,9-12,14-15,21-22,24-26,34H,2,4,6,8,13,16H2,(H,31,32)(H2,33,35,38)/t21-,22-,24+,25+,26-/m0/s1.